The third-order valence-electron chi connectivity index (χ3n) is 2.07. The molecule has 4 heteroatoms. The highest BCUT2D eigenvalue weighted by molar-refractivity contribution is 5.66. The zero-order valence-corrected chi connectivity index (χ0v) is 7.73. The lowest BCUT2D eigenvalue weighted by Gasteiger charge is -2.27. The number of aliphatic hydroxyl groups is 2. The first-order valence-electron chi connectivity index (χ1n) is 4.22. The van der Waals surface area contributed by atoms with Crippen LogP contribution in [0.4, 0.5) is 0 Å². The first kappa shape index (κ1) is 10.2. The van der Waals surface area contributed by atoms with Crippen LogP contribution in [0, 0.1) is 0 Å². The van der Waals surface area contributed by atoms with Gasteiger partial charge in [0.2, 0.25) is 0 Å². The summed E-state index contributed by atoms with van der Waals surface area (Å²) < 4.78 is 4.89. The largest absolute Gasteiger partial charge is 0.458 e. The SMILES string of the molecule is CC(=O)O[C@H]1C=C(C)[C@@H](O)[C@@H](O)C1. The van der Waals surface area contributed by atoms with E-state index in [1.807, 2.05) is 0 Å². The van der Waals surface area contributed by atoms with E-state index in [4.69, 9.17) is 4.74 Å². The van der Waals surface area contributed by atoms with Crippen molar-refractivity contribution < 1.29 is 19.7 Å². The molecule has 1 aliphatic carbocycles. The molecule has 0 aliphatic heterocycles. The number of esters is 1. The van der Waals surface area contributed by atoms with Gasteiger partial charge in [-0.05, 0) is 18.6 Å². The summed E-state index contributed by atoms with van der Waals surface area (Å²) in [5.74, 6) is -0.377. The summed E-state index contributed by atoms with van der Waals surface area (Å²) in [5, 5.41) is 18.7. The third-order valence-corrected chi connectivity index (χ3v) is 2.07. The smallest absolute Gasteiger partial charge is 0.303 e. The summed E-state index contributed by atoms with van der Waals surface area (Å²) in [6.07, 6.45) is -0.145. The van der Waals surface area contributed by atoms with Gasteiger partial charge in [-0.3, -0.25) is 4.79 Å². The molecule has 0 unspecified atom stereocenters. The summed E-state index contributed by atoms with van der Waals surface area (Å²) in [5.41, 5.74) is 0.644. The second-order valence-corrected chi connectivity index (χ2v) is 3.31. The first-order valence-corrected chi connectivity index (χ1v) is 4.22. The van der Waals surface area contributed by atoms with Gasteiger partial charge < -0.3 is 14.9 Å². The summed E-state index contributed by atoms with van der Waals surface area (Å²) >= 11 is 0. The zero-order valence-electron chi connectivity index (χ0n) is 7.73. The Morgan fingerprint density at radius 2 is 2.23 bits per heavy atom. The lowest BCUT2D eigenvalue weighted by Crippen LogP contribution is -2.36. The van der Waals surface area contributed by atoms with Crippen LogP contribution in [0.5, 0.6) is 0 Å². The number of carbonyl (C=O) groups is 1. The normalized spacial score (nSPS) is 33.8. The Kier molecular flexibility index (Phi) is 3.06. The maximum Gasteiger partial charge on any atom is 0.303 e. The second-order valence-electron chi connectivity index (χ2n) is 3.31. The fourth-order valence-corrected chi connectivity index (χ4v) is 1.43. The van der Waals surface area contributed by atoms with Crippen molar-refractivity contribution in [3.63, 3.8) is 0 Å². The monoisotopic (exact) mass is 186 g/mol. The minimum atomic E-state index is -0.839. The van der Waals surface area contributed by atoms with Gasteiger partial charge in [0.25, 0.3) is 0 Å². The van der Waals surface area contributed by atoms with Crippen LogP contribution in [-0.2, 0) is 9.53 Å². The maximum atomic E-state index is 10.6. The van der Waals surface area contributed by atoms with Gasteiger partial charge in [0.15, 0.2) is 0 Å². The minimum absolute atomic E-state index is 0.262. The van der Waals surface area contributed by atoms with Crippen LogP contribution in [0.15, 0.2) is 11.6 Å². The average Bonchev–Trinajstić information content (AvgIpc) is 1.98. The van der Waals surface area contributed by atoms with E-state index >= 15 is 0 Å². The lowest BCUT2D eigenvalue weighted by atomic mass is 9.93. The molecule has 3 atom stereocenters. The van der Waals surface area contributed by atoms with Crippen molar-refractivity contribution in [2.45, 2.75) is 38.6 Å². The van der Waals surface area contributed by atoms with E-state index in [9.17, 15) is 15.0 Å². The number of hydrogen-bond acceptors (Lipinski definition) is 4. The van der Waals surface area contributed by atoms with E-state index in [2.05, 4.69) is 0 Å². The van der Waals surface area contributed by atoms with Gasteiger partial charge in [-0.15, -0.1) is 0 Å². The van der Waals surface area contributed by atoms with E-state index < -0.39 is 18.3 Å². The highest BCUT2D eigenvalue weighted by Crippen LogP contribution is 2.21. The number of carbonyl (C=O) groups excluding carboxylic acids is 1. The average molecular weight is 186 g/mol. The molecule has 0 amide bonds. The van der Waals surface area contributed by atoms with Crippen molar-refractivity contribution in [3.05, 3.63) is 11.6 Å². The number of hydrogen-bond donors (Lipinski definition) is 2. The molecule has 0 radical (unpaired) electrons. The molecule has 0 aromatic heterocycles. The molecule has 0 aromatic carbocycles. The summed E-state index contributed by atoms with van der Waals surface area (Å²) in [6.45, 7) is 3.02. The highest BCUT2D eigenvalue weighted by atomic mass is 16.5. The maximum absolute atomic E-state index is 10.6. The van der Waals surface area contributed by atoms with Gasteiger partial charge in [0.1, 0.15) is 12.2 Å². The van der Waals surface area contributed by atoms with Crippen LogP contribution in [0.2, 0.25) is 0 Å². The van der Waals surface area contributed by atoms with Crippen LogP contribution in [0.1, 0.15) is 20.3 Å². The molecule has 0 heterocycles. The van der Waals surface area contributed by atoms with E-state index in [0.29, 0.717) is 5.57 Å². The van der Waals surface area contributed by atoms with Crippen LogP contribution < -0.4 is 0 Å². The Hall–Kier alpha value is -0.870. The predicted octanol–water partition coefficient (Wildman–Crippen LogP) is -0.0101. The van der Waals surface area contributed by atoms with Gasteiger partial charge in [0, 0.05) is 13.3 Å². The summed E-state index contributed by atoms with van der Waals surface area (Å²) in [4.78, 5) is 10.6. The first-order chi connectivity index (χ1) is 6.00. The van der Waals surface area contributed by atoms with Crippen LogP contribution in [-0.4, -0.2) is 34.5 Å². The minimum Gasteiger partial charge on any atom is -0.458 e. The highest BCUT2D eigenvalue weighted by Gasteiger charge is 2.28. The molecule has 0 fully saturated rings. The van der Waals surface area contributed by atoms with Crippen LogP contribution in [0.25, 0.3) is 0 Å². The van der Waals surface area contributed by atoms with Gasteiger partial charge in [-0.25, -0.2) is 0 Å². The third kappa shape index (κ3) is 2.54. The molecule has 0 saturated heterocycles. The molecule has 1 aliphatic rings. The quantitative estimate of drug-likeness (QED) is 0.446. The van der Waals surface area contributed by atoms with E-state index in [1.165, 1.54) is 6.92 Å². The second kappa shape index (κ2) is 3.89. The fourth-order valence-electron chi connectivity index (χ4n) is 1.43. The predicted molar refractivity (Wildman–Crippen MR) is 45.9 cm³/mol. The fraction of sp³-hybridized carbons (Fsp3) is 0.667. The van der Waals surface area contributed by atoms with Crippen molar-refractivity contribution in [2.75, 3.05) is 0 Å². The van der Waals surface area contributed by atoms with Gasteiger partial charge in [-0.2, -0.15) is 0 Å². The standard InChI is InChI=1S/C9H14O4/c1-5-3-7(13-6(2)10)4-8(11)9(5)12/h3,7-9,11-12H,4H2,1-2H3/t7-,8-,9+/m0/s1. The Labute approximate surface area is 76.8 Å². The zero-order chi connectivity index (χ0) is 10.0. The van der Waals surface area contributed by atoms with Gasteiger partial charge in [0.05, 0.1) is 6.10 Å². The molecule has 2 N–H and O–H groups in total. The molecule has 0 aromatic rings. The molecule has 0 saturated carbocycles. The molecular formula is C9H14O4. The Morgan fingerprint density at radius 3 is 2.69 bits per heavy atom. The topological polar surface area (TPSA) is 66.8 Å². The summed E-state index contributed by atoms with van der Waals surface area (Å²) in [6, 6.07) is 0. The van der Waals surface area contributed by atoms with E-state index in [1.54, 1.807) is 13.0 Å². The Bertz CT molecular complexity index is 234. The molecule has 0 bridgehead atoms. The molecule has 74 valence electrons. The van der Waals surface area contributed by atoms with Crippen molar-refractivity contribution in [1.29, 1.82) is 0 Å². The summed E-state index contributed by atoms with van der Waals surface area (Å²) in [7, 11) is 0. The van der Waals surface area contributed by atoms with E-state index in [-0.39, 0.29) is 12.4 Å². The number of aliphatic hydroxyl groups excluding tert-OH is 2. The molecule has 4 nitrogen and oxygen atoms in total. The van der Waals surface area contributed by atoms with Crippen molar-refractivity contribution in [1.82, 2.24) is 0 Å². The van der Waals surface area contributed by atoms with Crippen molar-refractivity contribution >= 4 is 5.97 Å². The van der Waals surface area contributed by atoms with Gasteiger partial charge >= 0.3 is 5.97 Å². The molecular weight excluding hydrogens is 172 g/mol. The van der Waals surface area contributed by atoms with Crippen molar-refractivity contribution in [2.24, 2.45) is 0 Å². The van der Waals surface area contributed by atoms with Gasteiger partial charge in [-0.1, -0.05) is 0 Å². The number of rotatable bonds is 1. The Morgan fingerprint density at radius 1 is 1.62 bits per heavy atom. The lowest BCUT2D eigenvalue weighted by molar-refractivity contribution is -0.146. The molecule has 0 spiro atoms. The van der Waals surface area contributed by atoms with Crippen LogP contribution >= 0.6 is 0 Å². The molecule has 1 rings (SSSR count). The molecule has 13 heavy (non-hydrogen) atoms. The Balaban J connectivity index is 2.65. The number of ether oxygens (including phenoxy) is 1. The van der Waals surface area contributed by atoms with Crippen molar-refractivity contribution in [3.8, 4) is 0 Å². The van der Waals surface area contributed by atoms with E-state index in [0.717, 1.165) is 0 Å². The van der Waals surface area contributed by atoms with Crippen LogP contribution in [0.3, 0.4) is 0 Å².